The summed E-state index contributed by atoms with van der Waals surface area (Å²) in [6.07, 6.45) is 3.35. The standard InChI is InChI=1S/C8H14NO2/c1-3-4-5-6-8(11)9-7(2)10/h3-6H2,1-2H3. The summed E-state index contributed by atoms with van der Waals surface area (Å²) in [4.78, 5) is 14.0. The van der Waals surface area contributed by atoms with Crippen molar-refractivity contribution in [3.63, 3.8) is 0 Å². The van der Waals surface area contributed by atoms with Crippen LogP contribution in [0.25, 0.3) is 0 Å². The molecule has 0 heterocycles. The molecule has 0 fully saturated rings. The van der Waals surface area contributed by atoms with Crippen LogP contribution < -0.4 is 0 Å². The Bertz CT molecular complexity index is 148. The molecule has 0 unspecified atom stereocenters. The van der Waals surface area contributed by atoms with Crippen LogP contribution >= 0.6 is 0 Å². The van der Waals surface area contributed by atoms with Crippen LogP contribution in [-0.2, 0) is 9.90 Å². The molecule has 0 spiro atoms. The number of nitrogens with zero attached hydrogens (tertiary/aromatic N) is 1. The van der Waals surface area contributed by atoms with Crippen LogP contribution in [0.15, 0.2) is 4.99 Å². The Labute approximate surface area is 67.1 Å². The zero-order chi connectivity index (χ0) is 8.69. The van der Waals surface area contributed by atoms with Gasteiger partial charge in [0.2, 0.25) is 11.8 Å². The molecule has 0 atom stereocenters. The van der Waals surface area contributed by atoms with E-state index in [2.05, 4.69) is 11.9 Å². The smallest absolute Gasteiger partial charge is 0.248 e. The lowest BCUT2D eigenvalue weighted by Crippen LogP contribution is -1.97. The number of hydrogen-bond acceptors (Lipinski definition) is 1. The van der Waals surface area contributed by atoms with Crippen LogP contribution in [0.5, 0.6) is 0 Å². The lowest BCUT2D eigenvalue weighted by atomic mass is 10.2. The summed E-state index contributed by atoms with van der Waals surface area (Å²) in [6.45, 7) is 3.35. The number of unbranched alkanes of at least 4 members (excludes halogenated alkanes) is 2. The van der Waals surface area contributed by atoms with Crippen molar-refractivity contribution in [2.45, 2.75) is 39.5 Å². The van der Waals surface area contributed by atoms with Gasteiger partial charge in [-0.05, 0) is 6.42 Å². The zero-order valence-electron chi connectivity index (χ0n) is 7.09. The maximum Gasteiger partial charge on any atom is 0.248 e. The van der Waals surface area contributed by atoms with Gasteiger partial charge in [-0.2, -0.15) is 4.99 Å². The Kier molecular flexibility index (Phi) is 5.43. The molecule has 0 aromatic rings. The average molecular weight is 156 g/mol. The van der Waals surface area contributed by atoms with Crippen LogP contribution in [0.2, 0.25) is 0 Å². The van der Waals surface area contributed by atoms with Crippen molar-refractivity contribution in [2.75, 3.05) is 0 Å². The van der Waals surface area contributed by atoms with Crippen LogP contribution in [-0.4, -0.2) is 11.8 Å². The molecule has 0 aromatic heterocycles. The molecule has 1 radical (unpaired) electrons. The fourth-order valence-corrected chi connectivity index (χ4v) is 0.758. The fraction of sp³-hybridized carbons (Fsp3) is 0.750. The third-order valence-corrected chi connectivity index (χ3v) is 1.28. The van der Waals surface area contributed by atoms with Gasteiger partial charge in [-0.25, -0.2) is 0 Å². The van der Waals surface area contributed by atoms with E-state index in [1.54, 1.807) is 0 Å². The van der Waals surface area contributed by atoms with Gasteiger partial charge in [-0.1, -0.05) is 19.8 Å². The van der Waals surface area contributed by atoms with Gasteiger partial charge in [0.1, 0.15) is 0 Å². The Morgan fingerprint density at radius 1 is 1.36 bits per heavy atom. The van der Waals surface area contributed by atoms with E-state index in [0.717, 1.165) is 19.3 Å². The van der Waals surface area contributed by atoms with E-state index in [1.165, 1.54) is 6.92 Å². The van der Waals surface area contributed by atoms with Gasteiger partial charge >= 0.3 is 0 Å². The Hall–Kier alpha value is -0.860. The van der Waals surface area contributed by atoms with Gasteiger partial charge < -0.3 is 0 Å². The third kappa shape index (κ3) is 7.03. The quantitative estimate of drug-likeness (QED) is 0.348. The maximum absolute atomic E-state index is 10.7. The van der Waals surface area contributed by atoms with Gasteiger partial charge in [0, 0.05) is 13.3 Å². The first-order chi connectivity index (χ1) is 5.16. The molecule has 0 saturated carbocycles. The molecular weight excluding hydrogens is 142 g/mol. The molecule has 3 nitrogen and oxygen atoms in total. The minimum Gasteiger partial charge on any atom is -0.273 e. The summed E-state index contributed by atoms with van der Waals surface area (Å²) in [5.74, 6) is -0.683. The third-order valence-electron chi connectivity index (χ3n) is 1.28. The second-order valence-electron chi connectivity index (χ2n) is 2.48. The van der Waals surface area contributed by atoms with E-state index in [1.807, 2.05) is 0 Å². The van der Waals surface area contributed by atoms with E-state index < -0.39 is 5.90 Å². The van der Waals surface area contributed by atoms with Crippen LogP contribution in [0.4, 0.5) is 0 Å². The van der Waals surface area contributed by atoms with Gasteiger partial charge in [0.25, 0.3) is 0 Å². The van der Waals surface area contributed by atoms with Crippen LogP contribution in [0.3, 0.4) is 0 Å². The largest absolute Gasteiger partial charge is 0.273 e. The molecule has 63 valence electrons. The van der Waals surface area contributed by atoms with Gasteiger partial charge in [0.05, 0.1) is 0 Å². The van der Waals surface area contributed by atoms with Gasteiger partial charge in [-0.15, -0.1) is 0 Å². The molecule has 0 aromatic carbocycles. The Morgan fingerprint density at radius 2 is 2.00 bits per heavy atom. The highest BCUT2D eigenvalue weighted by Gasteiger charge is 1.98. The van der Waals surface area contributed by atoms with Crippen molar-refractivity contribution < 1.29 is 9.90 Å². The second-order valence-corrected chi connectivity index (χ2v) is 2.48. The Balaban J connectivity index is 3.46. The highest BCUT2D eigenvalue weighted by Crippen LogP contribution is 1.99. The predicted octanol–water partition coefficient (Wildman–Crippen LogP) is 1.94. The summed E-state index contributed by atoms with van der Waals surface area (Å²) in [5.41, 5.74) is 0. The first kappa shape index (κ1) is 10.1. The van der Waals surface area contributed by atoms with Crippen LogP contribution in [0.1, 0.15) is 39.5 Å². The van der Waals surface area contributed by atoms with Gasteiger partial charge in [-0.3, -0.25) is 9.90 Å². The minimum atomic E-state index is -0.397. The fourth-order valence-electron chi connectivity index (χ4n) is 0.758. The topological polar surface area (TPSA) is 49.3 Å². The molecule has 0 aliphatic carbocycles. The van der Waals surface area contributed by atoms with E-state index in [0.29, 0.717) is 6.42 Å². The zero-order valence-corrected chi connectivity index (χ0v) is 7.09. The van der Waals surface area contributed by atoms with Crippen molar-refractivity contribution in [1.29, 1.82) is 0 Å². The van der Waals surface area contributed by atoms with E-state index in [4.69, 9.17) is 0 Å². The van der Waals surface area contributed by atoms with E-state index in [-0.39, 0.29) is 5.91 Å². The number of amides is 1. The average Bonchev–Trinajstić information content (AvgIpc) is 1.86. The number of carbonyl (C=O) groups is 1. The molecule has 0 N–H and O–H groups in total. The molecule has 0 aliphatic rings. The van der Waals surface area contributed by atoms with Crippen LogP contribution in [0, 0.1) is 0 Å². The highest BCUT2D eigenvalue weighted by atomic mass is 16.3. The van der Waals surface area contributed by atoms with Crippen molar-refractivity contribution in [3.8, 4) is 0 Å². The predicted molar refractivity (Wildman–Crippen MR) is 42.9 cm³/mol. The first-order valence-electron chi connectivity index (χ1n) is 3.92. The second kappa shape index (κ2) is 5.89. The summed E-state index contributed by atoms with van der Waals surface area (Å²) in [5, 5.41) is 10.3. The van der Waals surface area contributed by atoms with Crippen molar-refractivity contribution in [1.82, 2.24) is 0 Å². The summed E-state index contributed by atoms with van der Waals surface area (Å²) in [7, 11) is 0. The maximum atomic E-state index is 10.7. The van der Waals surface area contributed by atoms with Crippen molar-refractivity contribution in [2.24, 2.45) is 4.99 Å². The normalized spacial score (nSPS) is 11.6. The molecule has 0 rings (SSSR count). The molecule has 1 amide bonds. The van der Waals surface area contributed by atoms with Gasteiger partial charge in [0.15, 0.2) is 0 Å². The number of hydrogen-bond donors (Lipinski definition) is 0. The monoisotopic (exact) mass is 156 g/mol. The first-order valence-corrected chi connectivity index (χ1v) is 3.92. The summed E-state index contributed by atoms with van der Waals surface area (Å²) in [6, 6.07) is 0. The highest BCUT2D eigenvalue weighted by molar-refractivity contribution is 5.88. The summed E-state index contributed by atoms with van der Waals surface area (Å²) >= 11 is 0. The molecular formula is C8H14NO2. The van der Waals surface area contributed by atoms with Crippen molar-refractivity contribution in [3.05, 3.63) is 0 Å². The molecule has 0 aliphatic heterocycles. The Morgan fingerprint density at radius 3 is 2.45 bits per heavy atom. The molecule has 3 heteroatoms. The number of rotatable bonds is 4. The molecule has 0 bridgehead atoms. The molecule has 11 heavy (non-hydrogen) atoms. The molecule has 0 saturated heterocycles. The van der Waals surface area contributed by atoms with Crippen molar-refractivity contribution >= 4 is 11.8 Å². The lowest BCUT2D eigenvalue weighted by molar-refractivity contribution is -0.118. The minimum absolute atomic E-state index is 0.286. The number of carbonyl (C=O) groups excluding carboxylic acids is 1. The van der Waals surface area contributed by atoms with E-state index in [9.17, 15) is 9.90 Å². The SMILES string of the molecule is CCCCCC(=O)N=C(C)[O]. The summed E-state index contributed by atoms with van der Waals surface area (Å²) < 4.78 is 0. The number of aliphatic imine (C=N–C) groups is 1. The lowest BCUT2D eigenvalue weighted by Gasteiger charge is -1.92. The van der Waals surface area contributed by atoms with E-state index >= 15 is 0 Å².